The van der Waals surface area contributed by atoms with Crippen molar-refractivity contribution in [1.29, 1.82) is 5.26 Å². The summed E-state index contributed by atoms with van der Waals surface area (Å²) in [6.45, 7) is 3.38. The number of anilines is 1. The fourth-order valence-electron chi connectivity index (χ4n) is 0.916. The van der Waals surface area contributed by atoms with Gasteiger partial charge in [-0.05, 0) is 19.9 Å². The summed E-state index contributed by atoms with van der Waals surface area (Å²) in [6.07, 6.45) is 1.15. The molecule has 1 aromatic rings. The number of hydrogen-bond donors (Lipinski definition) is 1. The van der Waals surface area contributed by atoms with Gasteiger partial charge in [0.05, 0.1) is 11.0 Å². The van der Waals surface area contributed by atoms with Crippen LogP contribution in [0.15, 0.2) is 18.3 Å². The Kier molecular flexibility index (Phi) is 2.85. The van der Waals surface area contributed by atoms with E-state index in [4.69, 9.17) is 5.26 Å². The van der Waals surface area contributed by atoms with E-state index in [2.05, 4.69) is 10.3 Å². The Balaban J connectivity index is 2.83. The molecule has 0 fully saturated rings. The van der Waals surface area contributed by atoms with Crippen LogP contribution in [0.5, 0.6) is 0 Å². The molecule has 0 saturated heterocycles. The summed E-state index contributed by atoms with van der Waals surface area (Å²) in [6, 6.07) is 4.85. The number of nitrogens with one attached hydrogen (secondary N) is 1. The predicted octanol–water partition coefficient (Wildman–Crippen LogP) is 1.70. The number of rotatable bonds is 3. The minimum absolute atomic E-state index is 0.0738. The van der Waals surface area contributed by atoms with Crippen molar-refractivity contribution in [3.8, 4) is 6.07 Å². The van der Waals surface area contributed by atoms with Crippen LogP contribution in [0, 0.1) is 21.4 Å². The zero-order valence-electron chi connectivity index (χ0n) is 8.39. The lowest BCUT2D eigenvalue weighted by molar-refractivity contribution is -0.385. The lowest BCUT2D eigenvalue weighted by Crippen LogP contribution is -2.28. The molecular weight excluding hydrogens is 196 g/mol. The Labute approximate surface area is 86.7 Å². The monoisotopic (exact) mass is 206 g/mol. The molecule has 0 unspecified atom stereocenters. The standard InChI is InChI=1S/C9H10N4O2/c1-9(2,6-10)12-8-4-3-7(5-11-8)13(14)15/h3-5H,1-2H3,(H,11,12). The number of pyridine rings is 1. The van der Waals surface area contributed by atoms with Gasteiger partial charge in [0.1, 0.15) is 17.6 Å². The lowest BCUT2D eigenvalue weighted by atomic mass is 10.1. The van der Waals surface area contributed by atoms with Gasteiger partial charge in [0.2, 0.25) is 0 Å². The van der Waals surface area contributed by atoms with E-state index in [1.54, 1.807) is 13.8 Å². The van der Waals surface area contributed by atoms with Crippen molar-refractivity contribution in [2.24, 2.45) is 0 Å². The average Bonchev–Trinajstić information content (AvgIpc) is 2.18. The van der Waals surface area contributed by atoms with Crippen molar-refractivity contribution in [2.75, 3.05) is 5.32 Å². The van der Waals surface area contributed by atoms with E-state index in [1.807, 2.05) is 6.07 Å². The summed E-state index contributed by atoms with van der Waals surface area (Å²) >= 11 is 0. The van der Waals surface area contributed by atoms with Crippen molar-refractivity contribution in [3.05, 3.63) is 28.4 Å². The summed E-state index contributed by atoms with van der Waals surface area (Å²) in [5.74, 6) is 0.437. The topological polar surface area (TPSA) is 91.8 Å². The van der Waals surface area contributed by atoms with Gasteiger partial charge in [-0.2, -0.15) is 5.26 Å². The molecule has 78 valence electrons. The minimum Gasteiger partial charge on any atom is -0.353 e. The normalized spacial score (nSPS) is 10.5. The second-order valence-corrected chi connectivity index (χ2v) is 3.52. The van der Waals surface area contributed by atoms with Gasteiger partial charge in [0, 0.05) is 6.07 Å². The van der Waals surface area contributed by atoms with E-state index < -0.39 is 10.5 Å². The third kappa shape index (κ3) is 2.91. The zero-order chi connectivity index (χ0) is 11.5. The predicted molar refractivity (Wildman–Crippen MR) is 54.2 cm³/mol. The molecule has 6 heteroatoms. The number of hydrogen-bond acceptors (Lipinski definition) is 5. The van der Waals surface area contributed by atoms with Gasteiger partial charge in [0.15, 0.2) is 0 Å². The highest BCUT2D eigenvalue weighted by Gasteiger charge is 2.16. The molecule has 0 radical (unpaired) electrons. The van der Waals surface area contributed by atoms with Crippen LogP contribution in [-0.4, -0.2) is 15.4 Å². The summed E-state index contributed by atoms with van der Waals surface area (Å²) < 4.78 is 0. The molecule has 1 rings (SSSR count). The van der Waals surface area contributed by atoms with Gasteiger partial charge in [-0.3, -0.25) is 10.1 Å². The van der Waals surface area contributed by atoms with E-state index in [-0.39, 0.29) is 5.69 Å². The second kappa shape index (κ2) is 3.92. The van der Waals surface area contributed by atoms with Gasteiger partial charge >= 0.3 is 0 Å². The molecule has 0 aliphatic rings. The smallest absolute Gasteiger partial charge is 0.287 e. The van der Waals surface area contributed by atoms with E-state index >= 15 is 0 Å². The maximum absolute atomic E-state index is 10.3. The van der Waals surface area contributed by atoms with Gasteiger partial charge in [0.25, 0.3) is 5.69 Å². The van der Waals surface area contributed by atoms with Crippen molar-refractivity contribution in [1.82, 2.24) is 4.98 Å². The molecule has 0 aromatic carbocycles. The summed E-state index contributed by atoms with van der Waals surface area (Å²) in [7, 11) is 0. The van der Waals surface area contributed by atoms with Crippen molar-refractivity contribution in [2.45, 2.75) is 19.4 Å². The Morgan fingerprint density at radius 2 is 2.27 bits per heavy atom. The molecular formula is C9H10N4O2. The molecule has 1 aromatic heterocycles. The molecule has 0 aliphatic heterocycles. The Morgan fingerprint density at radius 3 is 2.67 bits per heavy atom. The van der Waals surface area contributed by atoms with Crippen molar-refractivity contribution in [3.63, 3.8) is 0 Å². The fourth-order valence-corrected chi connectivity index (χ4v) is 0.916. The van der Waals surface area contributed by atoms with Gasteiger partial charge in [-0.1, -0.05) is 0 Å². The number of nitriles is 1. The van der Waals surface area contributed by atoms with Crippen LogP contribution in [0.4, 0.5) is 11.5 Å². The van der Waals surface area contributed by atoms with E-state index in [0.717, 1.165) is 6.20 Å². The van der Waals surface area contributed by atoms with Crippen LogP contribution in [-0.2, 0) is 0 Å². The van der Waals surface area contributed by atoms with Crippen molar-refractivity contribution < 1.29 is 4.92 Å². The SMILES string of the molecule is CC(C)(C#N)Nc1ccc([N+](=O)[O-])cn1. The molecule has 0 spiro atoms. The second-order valence-electron chi connectivity index (χ2n) is 3.52. The van der Waals surface area contributed by atoms with E-state index in [1.165, 1.54) is 12.1 Å². The molecule has 0 amide bonds. The van der Waals surface area contributed by atoms with Crippen LogP contribution >= 0.6 is 0 Å². The lowest BCUT2D eigenvalue weighted by Gasteiger charge is -2.17. The first-order valence-corrected chi connectivity index (χ1v) is 4.24. The summed E-state index contributed by atoms with van der Waals surface area (Å²) in [5.41, 5.74) is -0.821. The highest BCUT2D eigenvalue weighted by molar-refractivity contribution is 5.43. The average molecular weight is 206 g/mol. The number of nitro groups is 1. The molecule has 1 N–H and O–H groups in total. The highest BCUT2D eigenvalue weighted by Crippen LogP contribution is 2.15. The third-order valence-electron chi connectivity index (χ3n) is 1.68. The molecule has 1 heterocycles. The van der Waals surface area contributed by atoms with Crippen LogP contribution in [0.25, 0.3) is 0 Å². The maximum atomic E-state index is 10.3. The Hall–Kier alpha value is -2.16. The maximum Gasteiger partial charge on any atom is 0.287 e. The largest absolute Gasteiger partial charge is 0.353 e. The van der Waals surface area contributed by atoms with Crippen LogP contribution in [0.1, 0.15) is 13.8 Å². The number of nitrogens with zero attached hydrogens (tertiary/aromatic N) is 3. The van der Waals surface area contributed by atoms with Gasteiger partial charge in [-0.15, -0.1) is 0 Å². The zero-order valence-corrected chi connectivity index (χ0v) is 8.39. The number of aromatic nitrogens is 1. The Morgan fingerprint density at radius 1 is 1.60 bits per heavy atom. The van der Waals surface area contributed by atoms with Crippen LogP contribution < -0.4 is 5.32 Å². The van der Waals surface area contributed by atoms with Gasteiger partial charge < -0.3 is 5.32 Å². The molecule has 0 bridgehead atoms. The third-order valence-corrected chi connectivity index (χ3v) is 1.68. The van der Waals surface area contributed by atoms with E-state index in [0.29, 0.717) is 5.82 Å². The quantitative estimate of drug-likeness (QED) is 0.600. The first-order valence-electron chi connectivity index (χ1n) is 4.24. The van der Waals surface area contributed by atoms with Gasteiger partial charge in [-0.25, -0.2) is 4.98 Å². The van der Waals surface area contributed by atoms with Crippen LogP contribution in [0.3, 0.4) is 0 Å². The fraction of sp³-hybridized carbons (Fsp3) is 0.333. The first kappa shape index (κ1) is 10.9. The molecule has 15 heavy (non-hydrogen) atoms. The summed E-state index contributed by atoms with van der Waals surface area (Å²) in [5, 5.41) is 21.9. The highest BCUT2D eigenvalue weighted by atomic mass is 16.6. The molecule has 0 aliphatic carbocycles. The van der Waals surface area contributed by atoms with Crippen molar-refractivity contribution >= 4 is 11.5 Å². The van der Waals surface area contributed by atoms with Crippen LogP contribution in [0.2, 0.25) is 0 Å². The summed E-state index contributed by atoms with van der Waals surface area (Å²) in [4.78, 5) is 13.7. The first-order chi connectivity index (χ1) is 6.94. The molecule has 0 atom stereocenters. The minimum atomic E-state index is -0.747. The Bertz CT molecular complexity index is 405. The van der Waals surface area contributed by atoms with E-state index in [9.17, 15) is 10.1 Å². The molecule has 0 saturated carbocycles. The molecule has 6 nitrogen and oxygen atoms in total.